The molecule has 1 heterocycles. The Labute approximate surface area is 198 Å². The van der Waals surface area contributed by atoms with Crippen molar-refractivity contribution in [2.75, 3.05) is 0 Å². The fourth-order valence-corrected chi connectivity index (χ4v) is 3.90. The maximum Gasteiger partial charge on any atom is 0.408 e. The number of carbonyl (C=O) groups is 2. The van der Waals surface area contributed by atoms with E-state index in [1.165, 1.54) is 0 Å². The van der Waals surface area contributed by atoms with E-state index in [1.54, 1.807) is 0 Å². The molecular formula is C27H28N2O5. The first kappa shape index (κ1) is 23.3. The van der Waals surface area contributed by atoms with Crippen molar-refractivity contribution in [3.8, 4) is 5.75 Å². The number of hydrogen-bond donors (Lipinski definition) is 3. The summed E-state index contributed by atoms with van der Waals surface area (Å²) < 4.78 is 10.9. The summed E-state index contributed by atoms with van der Waals surface area (Å²) in [6.07, 6.45) is -1.20. The van der Waals surface area contributed by atoms with E-state index in [0.29, 0.717) is 12.2 Å². The summed E-state index contributed by atoms with van der Waals surface area (Å²) in [5.41, 5.74) is 3.70. The SMILES string of the molecule is Cc1ccc2c(c1)C[C@H](NC(=O)[C@H](Cc1ccccc1)NC(=O)OCc1ccccc1)C(O)O2. The summed E-state index contributed by atoms with van der Waals surface area (Å²) in [5, 5.41) is 16.0. The number of aryl methyl sites for hydroxylation is 1. The topological polar surface area (TPSA) is 96.9 Å². The van der Waals surface area contributed by atoms with E-state index in [2.05, 4.69) is 10.6 Å². The van der Waals surface area contributed by atoms with Gasteiger partial charge < -0.3 is 25.2 Å². The average molecular weight is 461 g/mol. The molecule has 0 saturated heterocycles. The Morgan fingerprint density at radius 3 is 2.41 bits per heavy atom. The van der Waals surface area contributed by atoms with Gasteiger partial charge in [-0.2, -0.15) is 0 Å². The van der Waals surface area contributed by atoms with Gasteiger partial charge >= 0.3 is 6.09 Å². The van der Waals surface area contributed by atoms with Gasteiger partial charge in [-0.05, 0) is 29.7 Å². The van der Waals surface area contributed by atoms with Crippen LogP contribution >= 0.6 is 0 Å². The Bertz CT molecular complexity index is 1120. The monoisotopic (exact) mass is 460 g/mol. The van der Waals surface area contributed by atoms with Gasteiger partial charge in [0.1, 0.15) is 18.4 Å². The van der Waals surface area contributed by atoms with Gasteiger partial charge in [0.15, 0.2) is 0 Å². The molecule has 0 saturated carbocycles. The highest BCUT2D eigenvalue weighted by Crippen LogP contribution is 2.28. The lowest BCUT2D eigenvalue weighted by Gasteiger charge is -2.32. The van der Waals surface area contributed by atoms with Gasteiger partial charge in [-0.15, -0.1) is 0 Å². The van der Waals surface area contributed by atoms with E-state index in [9.17, 15) is 14.7 Å². The van der Waals surface area contributed by atoms with Crippen molar-refractivity contribution < 1.29 is 24.2 Å². The number of fused-ring (bicyclic) bond motifs is 1. The van der Waals surface area contributed by atoms with E-state index in [4.69, 9.17) is 9.47 Å². The molecular weight excluding hydrogens is 432 g/mol. The number of benzene rings is 3. The van der Waals surface area contributed by atoms with Crippen LogP contribution in [0.4, 0.5) is 4.79 Å². The summed E-state index contributed by atoms with van der Waals surface area (Å²) in [5.74, 6) is 0.177. The second kappa shape index (κ2) is 10.9. The average Bonchev–Trinajstić information content (AvgIpc) is 2.84. The molecule has 3 aromatic rings. The molecule has 3 atom stereocenters. The van der Waals surface area contributed by atoms with Gasteiger partial charge in [0.2, 0.25) is 12.2 Å². The van der Waals surface area contributed by atoms with Crippen molar-refractivity contribution >= 4 is 12.0 Å². The van der Waals surface area contributed by atoms with Crippen LogP contribution in [-0.4, -0.2) is 35.5 Å². The van der Waals surface area contributed by atoms with Crippen molar-refractivity contribution in [1.82, 2.24) is 10.6 Å². The zero-order valence-corrected chi connectivity index (χ0v) is 18.9. The number of ether oxygens (including phenoxy) is 2. The van der Waals surface area contributed by atoms with Crippen LogP contribution in [0, 0.1) is 6.92 Å². The minimum Gasteiger partial charge on any atom is -0.463 e. The summed E-state index contributed by atoms with van der Waals surface area (Å²) in [6, 6.07) is 22.9. The number of alkyl carbamates (subject to hydrolysis) is 1. The molecule has 0 aromatic heterocycles. The molecule has 0 fully saturated rings. The predicted molar refractivity (Wildman–Crippen MR) is 127 cm³/mol. The third kappa shape index (κ3) is 6.14. The molecule has 7 heteroatoms. The van der Waals surface area contributed by atoms with Gasteiger partial charge in [0.25, 0.3) is 0 Å². The van der Waals surface area contributed by atoms with Gasteiger partial charge in [0.05, 0.1) is 6.04 Å². The van der Waals surface area contributed by atoms with Crippen molar-refractivity contribution in [2.45, 2.75) is 44.7 Å². The first-order chi connectivity index (χ1) is 16.5. The Hall–Kier alpha value is -3.84. The van der Waals surface area contributed by atoms with Crippen LogP contribution in [0.15, 0.2) is 78.9 Å². The molecule has 1 aliphatic heterocycles. The summed E-state index contributed by atoms with van der Waals surface area (Å²) >= 11 is 0. The van der Waals surface area contributed by atoms with Gasteiger partial charge in [0, 0.05) is 12.8 Å². The van der Waals surface area contributed by atoms with Gasteiger partial charge in [-0.25, -0.2) is 4.79 Å². The highest BCUT2D eigenvalue weighted by atomic mass is 16.6. The number of aliphatic hydroxyl groups is 1. The second-order valence-electron chi connectivity index (χ2n) is 8.39. The molecule has 176 valence electrons. The molecule has 0 bridgehead atoms. The number of nitrogens with one attached hydrogen (secondary N) is 2. The second-order valence-corrected chi connectivity index (χ2v) is 8.39. The van der Waals surface area contributed by atoms with E-state index < -0.39 is 30.4 Å². The molecule has 1 unspecified atom stereocenters. The van der Waals surface area contributed by atoms with E-state index in [1.807, 2.05) is 85.8 Å². The van der Waals surface area contributed by atoms with Crippen molar-refractivity contribution in [3.05, 3.63) is 101 Å². The number of carbonyl (C=O) groups excluding carboxylic acids is 2. The number of amides is 2. The highest BCUT2D eigenvalue weighted by Gasteiger charge is 2.32. The Kier molecular flexibility index (Phi) is 7.44. The molecule has 3 aromatic carbocycles. The van der Waals surface area contributed by atoms with E-state index >= 15 is 0 Å². The highest BCUT2D eigenvalue weighted by molar-refractivity contribution is 5.86. The lowest BCUT2D eigenvalue weighted by atomic mass is 9.98. The Balaban J connectivity index is 1.43. The molecule has 0 aliphatic carbocycles. The first-order valence-electron chi connectivity index (χ1n) is 11.2. The molecule has 34 heavy (non-hydrogen) atoms. The van der Waals surface area contributed by atoms with Crippen LogP contribution < -0.4 is 15.4 Å². The molecule has 3 N–H and O–H groups in total. The van der Waals surface area contributed by atoms with Crippen molar-refractivity contribution in [1.29, 1.82) is 0 Å². The Morgan fingerprint density at radius 2 is 1.71 bits per heavy atom. The lowest BCUT2D eigenvalue weighted by molar-refractivity contribution is -0.128. The van der Waals surface area contributed by atoms with Crippen molar-refractivity contribution in [2.24, 2.45) is 0 Å². The van der Waals surface area contributed by atoms with E-state index in [0.717, 1.165) is 22.3 Å². The minimum absolute atomic E-state index is 0.0949. The van der Waals surface area contributed by atoms with Crippen LogP contribution in [0.2, 0.25) is 0 Å². The minimum atomic E-state index is -1.19. The lowest BCUT2D eigenvalue weighted by Crippen LogP contribution is -2.56. The predicted octanol–water partition coefficient (Wildman–Crippen LogP) is 3.27. The summed E-state index contributed by atoms with van der Waals surface area (Å²) in [7, 11) is 0. The van der Waals surface area contributed by atoms with E-state index in [-0.39, 0.29) is 13.0 Å². The van der Waals surface area contributed by atoms with Gasteiger partial charge in [-0.3, -0.25) is 4.79 Å². The molecule has 0 radical (unpaired) electrons. The number of aliphatic hydroxyl groups excluding tert-OH is 1. The fourth-order valence-electron chi connectivity index (χ4n) is 3.90. The van der Waals surface area contributed by atoms with Crippen molar-refractivity contribution in [3.63, 3.8) is 0 Å². The van der Waals surface area contributed by atoms with Crippen LogP contribution in [0.25, 0.3) is 0 Å². The zero-order chi connectivity index (χ0) is 23.9. The number of hydrogen-bond acceptors (Lipinski definition) is 5. The molecule has 2 amide bonds. The summed E-state index contributed by atoms with van der Waals surface area (Å²) in [6.45, 7) is 2.07. The molecule has 0 spiro atoms. The smallest absolute Gasteiger partial charge is 0.408 e. The number of rotatable bonds is 7. The van der Waals surface area contributed by atoms with Crippen LogP contribution in [0.5, 0.6) is 5.75 Å². The third-order valence-corrected chi connectivity index (χ3v) is 5.68. The summed E-state index contributed by atoms with van der Waals surface area (Å²) in [4.78, 5) is 25.7. The maximum atomic E-state index is 13.2. The van der Waals surface area contributed by atoms with Crippen LogP contribution in [0.1, 0.15) is 22.3 Å². The normalized spacial score (nSPS) is 17.6. The zero-order valence-electron chi connectivity index (χ0n) is 18.9. The third-order valence-electron chi connectivity index (χ3n) is 5.68. The van der Waals surface area contributed by atoms with Gasteiger partial charge in [-0.1, -0.05) is 78.4 Å². The molecule has 4 rings (SSSR count). The first-order valence-corrected chi connectivity index (χ1v) is 11.2. The largest absolute Gasteiger partial charge is 0.463 e. The van der Waals surface area contributed by atoms with Crippen LogP contribution in [0.3, 0.4) is 0 Å². The van der Waals surface area contributed by atoms with Crippen LogP contribution in [-0.2, 0) is 29.0 Å². The molecule has 7 nitrogen and oxygen atoms in total. The quantitative estimate of drug-likeness (QED) is 0.503. The molecule has 1 aliphatic rings. The fraction of sp³-hybridized carbons (Fsp3) is 0.259. The standard InChI is InChI=1S/C27H28N2O5/c1-18-12-13-24-21(14-18)16-23(26(31)34-24)28-25(30)22(15-19-8-4-2-5-9-19)29-27(32)33-17-20-10-6-3-7-11-20/h2-14,22-23,26,31H,15-17H2,1H3,(H,28,30)(H,29,32)/t22-,23-,26?/m0/s1. The maximum absolute atomic E-state index is 13.2. The Morgan fingerprint density at radius 1 is 1.03 bits per heavy atom.